The molecule has 0 radical (unpaired) electrons. The molecule has 18 heavy (non-hydrogen) atoms. The minimum absolute atomic E-state index is 0.0919. The van der Waals surface area contributed by atoms with Gasteiger partial charge in [-0.1, -0.05) is 18.2 Å². The van der Waals surface area contributed by atoms with E-state index in [9.17, 15) is 0 Å². The van der Waals surface area contributed by atoms with Gasteiger partial charge in [-0.3, -0.25) is 0 Å². The maximum absolute atomic E-state index is 9.08. The predicted octanol–water partition coefficient (Wildman–Crippen LogP) is 1.92. The summed E-state index contributed by atoms with van der Waals surface area (Å²) in [6.07, 6.45) is 1.86. The molecule has 0 aliphatic rings. The van der Waals surface area contributed by atoms with Gasteiger partial charge in [0.05, 0.1) is 13.2 Å². The topological polar surface area (TPSA) is 64.0 Å². The molecule has 1 aromatic carbocycles. The molecule has 4 nitrogen and oxygen atoms in total. The number of methoxy groups -OCH3 is 1. The summed E-state index contributed by atoms with van der Waals surface area (Å²) < 4.78 is 7.22. The van der Waals surface area contributed by atoms with Crippen molar-refractivity contribution in [2.24, 2.45) is 5.73 Å². The third kappa shape index (κ3) is 2.08. The predicted molar refractivity (Wildman–Crippen MR) is 69.3 cm³/mol. The van der Waals surface area contributed by atoms with Crippen molar-refractivity contribution in [2.45, 2.75) is 6.04 Å². The molecule has 0 saturated heterocycles. The lowest BCUT2D eigenvalue weighted by atomic mass is 10.1. The van der Waals surface area contributed by atoms with Crippen LogP contribution < -0.4 is 10.5 Å². The Bertz CT molecular complexity index is 568. The highest BCUT2D eigenvalue weighted by atomic mass is 16.5. The van der Waals surface area contributed by atoms with E-state index in [-0.39, 0.29) is 6.04 Å². The van der Waals surface area contributed by atoms with E-state index in [0.29, 0.717) is 12.2 Å². The van der Waals surface area contributed by atoms with Crippen LogP contribution in [0, 0.1) is 11.3 Å². The first-order valence-corrected chi connectivity index (χ1v) is 5.71. The molecule has 4 heteroatoms. The number of hydrogen-bond acceptors (Lipinski definition) is 3. The molecule has 1 unspecified atom stereocenters. The van der Waals surface area contributed by atoms with Crippen molar-refractivity contribution < 1.29 is 4.74 Å². The van der Waals surface area contributed by atoms with Crippen molar-refractivity contribution in [3.63, 3.8) is 0 Å². The van der Waals surface area contributed by atoms with Gasteiger partial charge in [0.2, 0.25) is 0 Å². The van der Waals surface area contributed by atoms with Gasteiger partial charge in [0, 0.05) is 18.3 Å². The summed E-state index contributed by atoms with van der Waals surface area (Å²) >= 11 is 0. The molecule has 2 N–H and O–H groups in total. The zero-order valence-corrected chi connectivity index (χ0v) is 10.2. The average molecular weight is 241 g/mol. The zero-order chi connectivity index (χ0) is 13.0. The van der Waals surface area contributed by atoms with Crippen LogP contribution >= 0.6 is 0 Å². The Labute approximate surface area is 106 Å². The third-order valence-electron chi connectivity index (χ3n) is 2.95. The van der Waals surface area contributed by atoms with E-state index in [1.165, 1.54) is 0 Å². The number of hydrogen-bond donors (Lipinski definition) is 1. The molecule has 1 aromatic heterocycles. The fraction of sp³-hybridized carbons (Fsp3) is 0.214. The second kappa shape index (κ2) is 5.39. The van der Waals surface area contributed by atoms with Crippen LogP contribution in [0.5, 0.6) is 5.75 Å². The molecule has 0 fully saturated rings. The highest BCUT2D eigenvalue weighted by Gasteiger charge is 2.17. The van der Waals surface area contributed by atoms with Crippen molar-refractivity contribution in [1.29, 1.82) is 5.26 Å². The Morgan fingerprint density at radius 2 is 2.11 bits per heavy atom. The van der Waals surface area contributed by atoms with Crippen molar-refractivity contribution in [1.82, 2.24) is 4.57 Å². The van der Waals surface area contributed by atoms with Crippen molar-refractivity contribution in [3.05, 3.63) is 53.9 Å². The van der Waals surface area contributed by atoms with E-state index >= 15 is 0 Å². The van der Waals surface area contributed by atoms with Crippen LogP contribution in [0.2, 0.25) is 0 Å². The lowest BCUT2D eigenvalue weighted by molar-refractivity contribution is 0.401. The number of ether oxygens (including phenoxy) is 1. The van der Waals surface area contributed by atoms with Crippen LogP contribution in [0.25, 0.3) is 0 Å². The van der Waals surface area contributed by atoms with Gasteiger partial charge in [-0.05, 0) is 18.2 Å². The second-order valence-electron chi connectivity index (χ2n) is 3.91. The maximum Gasteiger partial charge on any atom is 0.124 e. The standard InChI is InChI=1S/C14H15N3O/c1-18-14-7-3-2-6-12(14)13(10-16)17-8-4-5-11(17)9-15/h2-8,13H,10,16H2,1H3. The lowest BCUT2D eigenvalue weighted by Gasteiger charge is -2.20. The highest BCUT2D eigenvalue weighted by Crippen LogP contribution is 2.28. The second-order valence-corrected chi connectivity index (χ2v) is 3.91. The smallest absolute Gasteiger partial charge is 0.124 e. The quantitative estimate of drug-likeness (QED) is 0.889. The molecule has 1 atom stereocenters. The van der Waals surface area contributed by atoms with E-state index in [2.05, 4.69) is 6.07 Å². The zero-order valence-electron chi connectivity index (χ0n) is 10.2. The first-order valence-electron chi connectivity index (χ1n) is 5.71. The number of rotatable bonds is 4. The summed E-state index contributed by atoms with van der Waals surface area (Å²) in [5.74, 6) is 0.783. The maximum atomic E-state index is 9.08. The van der Waals surface area contributed by atoms with E-state index in [4.69, 9.17) is 15.7 Å². The fourth-order valence-corrected chi connectivity index (χ4v) is 2.09. The van der Waals surface area contributed by atoms with Gasteiger partial charge in [-0.2, -0.15) is 5.26 Å². The molecule has 92 valence electrons. The summed E-state index contributed by atoms with van der Waals surface area (Å²) in [5, 5.41) is 9.08. The summed E-state index contributed by atoms with van der Waals surface area (Å²) in [5.41, 5.74) is 7.43. The molecule has 0 aliphatic heterocycles. The lowest BCUT2D eigenvalue weighted by Crippen LogP contribution is -2.21. The largest absolute Gasteiger partial charge is 0.496 e. The monoisotopic (exact) mass is 241 g/mol. The number of nitriles is 1. The molecular weight excluding hydrogens is 226 g/mol. The third-order valence-corrected chi connectivity index (χ3v) is 2.95. The van der Waals surface area contributed by atoms with Gasteiger partial charge in [0.1, 0.15) is 17.5 Å². The Kier molecular flexibility index (Phi) is 3.66. The summed E-state index contributed by atoms with van der Waals surface area (Å²) in [4.78, 5) is 0. The molecule has 2 aromatic rings. The number of nitrogens with zero attached hydrogens (tertiary/aromatic N) is 2. The number of benzene rings is 1. The molecule has 0 spiro atoms. The molecule has 1 heterocycles. The van der Waals surface area contributed by atoms with E-state index in [0.717, 1.165) is 11.3 Å². The average Bonchev–Trinajstić information content (AvgIpc) is 2.88. The highest BCUT2D eigenvalue weighted by molar-refractivity contribution is 5.38. The molecule has 0 aliphatic carbocycles. The number of aromatic nitrogens is 1. The van der Waals surface area contributed by atoms with Crippen LogP contribution in [0.15, 0.2) is 42.6 Å². The normalized spacial score (nSPS) is 11.8. The van der Waals surface area contributed by atoms with Gasteiger partial charge in [-0.15, -0.1) is 0 Å². The summed E-state index contributed by atoms with van der Waals surface area (Å²) in [6, 6.07) is 13.4. The Hall–Kier alpha value is -2.25. The van der Waals surface area contributed by atoms with Crippen LogP contribution in [0.4, 0.5) is 0 Å². The first-order chi connectivity index (χ1) is 8.81. The van der Waals surface area contributed by atoms with Gasteiger partial charge in [0.15, 0.2) is 0 Å². The summed E-state index contributed by atoms with van der Waals surface area (Å²) in [7, 11) is 1.63. The van der Waals surface area contributed by atoms with Crippen LogP contribution in [0.1, 0.15) is 17.3 Å². The molecule has 0 saturated carbocycles. The van der Waals surface area contributed by atoms with Gasteiger partial charge in [0.25, 0.3) is 0 Å². The van der Waals surface area contributed by atoms with Gasteiger partial charge >= 0.3 is 0 Å². The number of para-hydroxylation sites is 1. The Morgan fingerprint density at radius 1 is 1.33 bits per heavy atom. The van der Waals surface area contributed by atoms with E-state index in [1.807, 2.05) is 41.1 Å². The Morgan fingerprint density at radius 3 is 2.78 bits per heavy atom. The molecule has 0 bridgehead atoms. The summed E-state index contributed by atoms with van der Waals surface area (Å²) in [6.45, 7) is 0.406. The molecular formula is C14H15N3O. The van der Waals surface area contributed by atoms with Crippen LogP contribution in [0.3, 0.4) is 0 Å². The van der Waals surface area contributed by atoms with Crippen molar-refractivity contribution in [2.75, 3.05) is 13.7 Å². The molecule has 2 rings (SSSR count). The number of nitrogens with two attached hydrogens (primary N) is 1. The minimum atomic E-state index is -0.0919. The van der Waals surface area contributed by atoms with E-state index < -0.39 is 0 Å². The van der Waals surface area contributed by atoms with Crippen molar-refractivity contribution >= 4 is 0 Å². The van der Waals surface area contributed by atoms with Crippen LogP contribution in [-0.2, 0) is 0 Å². The van der Waals surface area contributed by atoms with E-state index in [1.54, 1.807) is 13.2 Å². The SMILES string of the molecule is COc1ccccc1C(CN)n1cccc1C#N. The van der Waals surface area contributed by atoms with Crippen molar-refractivity contribution in [3.8, 4) is 11.8 Å². The molecule has 0 amide bonds. The van der Waals surface area contributed by atoms with Gasteiger partial charge in [-0.25, -0.2) is 0 Å². The fourth-order valence-electron chi connectivity index (χ4n) is 2.09. The first kappa shape index (κ1) is 12.2. The minimum Gasteiger partial charge on any atom is -0.496 e. The Balaban J connectivity index is 2.49. The van der Waals surface area contributed by atoms with Crippen LogP contribution in [-0.4, -0.2) is 18.2 Å². The van der Waals surface area contributed by atoms with Gasteiger partial charge < -0.3 is 15.0 Å².